The topological polar surface area (TPSA) is 44.4 Å². The maximum atomic E-state index is 12.2. The minimum Gasteiger partial charge on any atom is -0.355 e. The third-order valence-corrected chi connectivity index (χ3v) is 4.61. The Kier molecular flexibility index (Phi) is 7.52. The summed E-state index contributed by atoms with van der Waals surface area (Å²) >= 11 is 0. The quantitative estimate of drug-likeness (QED) is 0.749. The number of hydrogen-bond acceptors (Lipinski definition) is 3. The molecule has 0 aromatic carbocycles. The average molecular weight is 283 g/mol. The Morgan fingerprint density at radius 2 is 2.05 bits per heavy atom. The molecule has 0 aromatic heterocycles. The lowest BCUT2D eigenvalue weighted by molar-refractivity contribution is -0.126. The number of hydrogen-bond donors (Lipinski definition) is 2. The average Bonchev–Trinajstić information content (AvgIpc) is 2.45. The molecule has 1 aliphatic rings. The fourth-order valence-corrected chi connectivity index (χ4v) is 3.00. The van der Waals surface area contributed by atoms with Crippen molar-refractivity contribution in [1.29, 1.82) is 0 Å². The largest absolute Gasteiger partial charge is 0.355 e. The summed E-state index contributed by atoms with van der Waals surface area (Å²) in [5.41, 5.74) is 0. The Labute approximate surface area is 124 Å². The Hall–Kier alpha value is -0.610. The molecule has 1 saturated heterocycles. The molecule has 20 heavy (non-hydrogen) atoms. The number of carbonyl (C=O) groups excluding carboxylic acids is 1. The smallest absolute Gasteiger partial charge is 0.237 e. The third-order valence-electron chi connectivity index (χ3n) is 4.61. The molecule has 4 heteroatoms. The molecule has 118 valence electrons. The van der Waals surface area contributed by atoms with Gasteiger partial charge in [0, 0.05) is 25.7 Å². The molecular formula is C16H33N3O. The highest BCUT2D eigenvalue weighted by molar-refractivity contribution is 5.81. The van der Waals surface area contributed by atoms with Gasteiger partial charge in [0.05, 0.1) is 6.04 Å². The number of nitrogens with one attached hydrogen (secondary N) is 2. The molecule has 3 atom stereocenters. The molecule has 0 bridgehead atoms. The van der Waals surface area contributed by atoms with E-state index in [2.05, 4.69) is 36.3 Å². The van der Waals surface area contributed by atoms with Crippen molar-refractivity contribution in [3.63, 3.8) is 0 Å². The molecule has 0 spiro atoms. The summed E-state index contributed by atoms with van der Waals surface area (Å²) in [7, 11) is 2.05. The van der Waals surface area contributed by atoms with E-state index in [0.717, 1.165) is 32.5 Å². The van der Waals surface area contributed by atoms with Crippen LogP contribution >= 0.6 is 0 Å². The van der Waals surface area contributed by atoms with E-state index in [1.165, 1.54) is 6.42 Å². The Morgan fingerprint density at radius 1 is 1.35 bits per heavy atom. The zero-order chi connectivity index (χ0) is 15.1. The van der Waals surface area contributed by atoms with Gasteiger partial charge in [0.15, 0.2) is 0 Å². The van der Waals surface area contributed by atoms with Crippen LogP contribution in [0.5, 0.6) is 0 Å². The van der Waals surface area contributed by atoms with E-state index in [9.17, 15) is 4.79 Å². The van der Waals surface area contributed by atoms with E-state index in [1.54, 1.807) is 0 Å². The highest BCUT2D eigenvalue weighted by Gasteiger charge is 2.31. The number of piperidine rings is 1. The molecule has 4 nitrogen and oxygen atoms in total. The second-order valence-electron chi connectivity index (χ2n) is 6.50. The molecule has 1 fully saturated rings. The summed E-state index contributed by atoms with van der Waals surface area (Å²) in [6.07, 6.45) is 3.36. The normalized spacial score (nSPS) is 25.7. The van der Waals surface area contributed by atoms with Gasteiger partial charge in [-0.1, -0.05) is 27.2 Å². The molecule has 1 heterocycles. The first kappa shape index (κ1) is 17.4. The van der Waals surface area contributed by atoms with Crippen LogP contribution in [0.3, 0.4) is 0 Å². The molecule has 0 saturated carbocycles. The summed E-state index contributed by atoms with van der Waals surface area (Å²) in [5.74, 6) is 1.48. The van der Waals surface area contributed by atoms with Gasteiger partial charge in [-0.3, -0.25) is 9.69 Å². The van der Waals surface area contributed by atoms with Crippen LogP contribution in [-0.2, 0) is 4.79 Å². The van der Waals surface area contributed by atoms with E-state index in [0.29, 0.717) is 17.9 Å². The Morgan fingerprint density at radius 3 is 2.60 bits per heavy atom. The molecule has 0 aliphatic carbocycles. The highest BCUT2D eigenvalue weighted by atomic mass is 16.2. The van der Waals surface area contributed by atoms with E-state index in [1.807, 2.05) is 14.0 Å². The van der Waals surface area contributed by atoms with Gasteiger partial charge in [-0.15, -0.1) is 0 Å². The molecule has 0 radical (unpaired) electrons. The molecule has 2 N–H and O–H groups in total. The van der Waals surface area contributed by atoms with Crippen molar-refractivity contribution in [3.8, 4) is 0 Å². The number of nitrogens with zero attached hydrogens (tertiary/aromatic N) is 1. The van der Waals surface area contributed by atoms with Gasteiger partial charge in [0.25, 0.3) is 0 Å². The molecule has 1 aliphatic heterocycles. The summed E-state index contributed by atoms with van der Waals surface area (Å²) < 4.78 is 0. The predicted molar refractivity (Wildman–Crippen MR) is 84.7 cm³/mol. The van der Waals surface area contributed by atoms with E-state index < -0.39 is 0 Å². The van der Waals surface area contributed by atoms with Crippen LogP contribution in [0.25, 0.3) is 0 Å². The van der Waals surface area contributed by atoms with Crippen LogP contribution in [0.15, 0.2) is 0 Å². The van der Waals surface area contributed by atoms with Crippen molar-refractivity contribution < 1.29 is 4.79 Å². The number of carbonyl (C=O) groups is 1. The third kappa shape index (κ3) is 5.06. The van der Waals surface area contributed by atoms with Gasteiger partial charge < -0.3 is 10.6 Å². The molecular weight excluding hydrogens is 250 g/mol. The fraction of sp³-hybridized carbons (Fsp3) is 0.938. The molecule has 0 aromatic rings. The fourth-order valence-electron chi connectivity index (χ4n) is 3.00. The Bertz CT molecular complexity index is 293. The first-order chi connectivity index (χ1) is 9.49. The zero-order valence-electron chi connectivity index (χ0n) is 13.9. The van der Waals surface area contributed by atoms with E-state index in [4.69, 9.17) is 0 Å². The number of rotatable bonds is 7. The van der Waals surface area contributed by atoms with Crippen LogP contribution in [0.2, 0.25) is 0 Å². The van der Waals surface area contributed by atoms with Crippen molar-refractivity contribution in [2.45, 2.75) is 59.0 Å². The summed E-state index contributed by atoms with van der Waals surface area (Å²) in [4.78, 5) is 14.5. The summed E-state index contributed by atoms with van der Waals surface area (Å²) in [6, 6.07) is 0.599. The lowest BCUT2D eigenvalue weighted by Gasteiger charge is -2.40. The second-order valence-corrected chi connectivity index (χ2v) is 6.50. The van der Waals surface area contributed by atoms with Crippen molar-refractivity contribution in [2.75, 3.05) is 26.7 Å². The van der Waals surface area contributed by atoms with Crippen molar-refractivity contribution in [3.05, 3.63) is 0 Å². The molecule has 1 amide bonds. The standard InChI is InChI=1S/C16H33N3O/c1-6-14-11-19(10-8-15(14)17-5)13(4)16(20)18-9-7-12(2)3/h12-15,17H,6-11H2,1-5H3,(H,18,20). The minimum absolute atomic E-state index is 0.00554. The Balaban J connectivity index is 2.42. The van der Waals surface area contributed by atoms with Gasteiger partial charge in [0.2, 0.25) is 5.91 Å². The zero-order valence-corrected chi connectivity index (χ0v) is 13.9. The van der Waals surface area contributed by atoms with Crippen LogP contribution in [0.4, 0.5) is 0 Å². The first-order valence-corrected chi connectivity index (χ1v) is 8.18. The lowest BCUT2D eigenvalue weighted by Crippen LogP contribution is -2.54. The van der Waals surface area contributed by atoms with Gasteiger partial charge in [0.1, 0.15) is 0 Å². The molecule has 3 unspecified atom stereocenters. The lowest BCUT2D eigenvalue weighted by atomic mass is 9.89. The van der Waals surface area contributed by atoms with Gasteiger partial charge in [-0.25, -0.2) is 0 Å². The second kappa shape index (κ2) is 8.63. The van der Waals surface area contributed by atoms with Crippen molar-refractivity contribution >= 4 is 5.91 Å². The van der Waals surface area contributed by atoms with Crippen LogP contribution < -0.4 is 10.6 Å². The number of likely N-dealkylation sites (tertiary alicyclic amines) is 1. The maximum Gasteiger partial charge on any atom is 0.237 e. The maximum absolute atomic E-state index is 12.2. The van der Waals surface area contributed by atoms with Gasteiger partial charge >= 0.3 is 0 Å². The SMILES string of the molecule is CCC1CN(C(C)C(=O)NCCC(C)C)CCC1NC. The van der Waals surface area contributed by atoms with E-state index in [-0.39, 0.29) is 11.9 Å². The van der Waals surface area contributed by atoms with Crippen molar-refractivity contribution in [2.24, 2.45) is 11.8 Å². The summed E-state index contributed by atoms with van der Waals surface area (Å²) in [6.45, 7) is 11.5. The van der Waals surface area contributed by atoms with Crippen LogP contribution in [-0.4, -0.2) is 49.6 Å². The summed E-state index contributed by atoms with van der Waals surface area (Å²) in [5, 5.41) is 6.49. The van der Waals surface area contributed by atoms with E-state index >= 15 is 0 Å². The number of amides is 1. The van der Waals surface area contributed by atoms with Crippen molar-refractivity contribution in [1.82, 2.24) is 15.5 Å². The van der Waals surface area contributed by atoms with Gasteiger partial charge in [-0.05, 0) is 38.6 Å². The van der Waals surface area contributed by atoms with Gasteiger partial charge in [-0.2, -0.15) is 0 Å². The minimum atomic E-state index is -0.00554. The monoisotopic (exact) mass is 283 g/mol. The van der Waals surface area contributed by atoms with Crippen LogP contribution in [0.1, 0.15) is 47.0 Å². The highest BCUT2D eigenvalue weighted by Crippen LogP contribution is 2.21. The molecule has 1 rings (SSSR count). The predicted octanol–water partition coefficient (Wildman–Crippen LogP) is 1.86. The van der Waals surface area contributed by atoms with Crippen LogP contribution in [0, 0.1) is 11.8 Å². The first-order valence-electron chi connectivity index (χ1n) is 8.18.